The maximum absolute atomic E-state index is 8.19. The van der Waals surface area contributed by atoms with Crippen molar-refractivity contribution in [3.8, 4) is 6.07 Å². The Kier molecular flexibility index (Phi) is 8.46. The summed E-state index contributed by atoms with van der Waals surface area (Å²) in [6.07, 6.45) is 8.09. The first-order chi connectivity index (χ1) is 4.91. The second-order valence-corrected chi connectivity index (χ2v) is 2.79. The van der Waals surface area contributed by atoms with Crippen molar-refractivity contribution < 1.29 is 0 Å². The van der Waals surface area contributed by atoms with E-state index in [1.165, 1.54) is 0 Å². The lowest BCUT2D eigenvalue weighted by Gasteiger charge is -1.85. The van der Waals surface area contributed by atoms with Gasteiger partial charge in [-0.15, -0.1) is 0 Å². The van der Waals surface area contributed by atoms with E-state index in [1.54, 1.807) is 0 Å². The van der Waals surface area contributed by atoms with Crippen molar-refractivity contribution >= 4 is 15.9 Å². The molecule has 0 saturated heterocycles. The Hall–Kier alpha value is -0.290. The standard InChI is InChI=1S/C8H12BrN/c9-7-5-3-1-2-4-6-8-10/h1,3H,2,4-7H2. The summed E-state index contributed by atoms with van der Waals surface area (Å²) in [6, 6.07) is 2.12. The normalized spacial score (nSPS) is 10.0. The zero-order valence-corrected chi connectivity index (χ0v) is 7.60. The minimum Gasteiger partial charge on any atom is -0.198 e. The molecule has 0 aromatic heterocycles. The first-order valence-corrected chi connectivity index (χ1v) is 4.62. The van der Waals surface area contributed by atoms with E-state index in [2.05, 4.69) is 34.2 Å². The molecule has 0 unspecified atom stereocenters. The second kappa shape index (κ2) is 8.71. The molecule has 10 heavy (non-hydrogen) atoms. The highest BCUT2D eigenvalue weighted by Gasteiger charge is 1.80. The van der Waals surface area contributed by atoms with Crippen LogP contribution in [0.25, 0.3) is 0 Å². The van der Waals surface area contributed by atoms with Crippen LogP contribution < -0.4 is 0 Å². The van der Waals surface area contributed by atoms with E-state index in [4.69, 9.17) is 5.26 Å². The van der Waals surface area contributed by atoms with Crippen molar-refractivity contribution in [2.24, 2.45) is 0 Å². The Bertz CT molecular complexity index is 124. The predicted molar refractivity (Wildman–Crippen MR) is 47.0 cm³/mol. The number of alkyl halides is 1. The summed E-state index contributed by atoms with van der Waals surface area (Å²) < 4.78 is 0. The van der Waals surface area contributed by atoms with Crippen LogP contribution in [0.1, 0.15) is 25.7 Å². The number of halogens is 1. The molecular formula is C8H12BrN. The van der Waals surface area contributed by atoms with E-state index in [0.717, 1.165) is 24.6 Å². The molecule has 1 nitrogen and oxygen atoms in total. The van der Waals surface area contributed by atoms with Crippen molar-refractivity contribution in [1.29, 1.82) is 5.26 Å². The highest BCUT2D eigenvalue weighted by atomic mass is 79.9. The predicted octanol–water partition coefficient (Wildman–Crippen LogP) is 3.02. The van der Waals surface area contributed by atoms with E-state index in [9.17, 15) is 0 Å². The van der Waals surface area contributed by atoms with Gasteiger partial charge in [0.05, 0.1) is 6.07 Å². The summed E-state index contributed by atoms with van der Waals surface area (Å²) in [6.45, 7) is 0. The highest BCUT2D eigenvalue weighted by molar-refractivity contribution is 9.09. The van der Waals surface area contributed by atoms with Gasteiger partial charge in [-0.05, 0) is 19.3 Å². The molecule has 0 amide bonds. The molecule has 0 N–H and O–H groups in total. The number of hydrogen-bond acceptors (Lipinski definition) is 1. The number of hydrogen-bond donors (Lipinski definition) is 0. The Morgan fingerprint density at radius 1 is 1.30 bits per heavy atom. The monoisotopic (exact) mass is 201 g/mol. The minimum atomic E-state index is 0.679. The van der Waals surface area contributed by atoms with Crippen LogP contribution in [-0.2, 0) is 0 Å². The van der Waals surface area contributed by atoms with Crippen molar-refractivity contribution in [1.82, 2.24) is 0 Å². The van der Waals surface area contributed by atoms with Crippen LogP contribution in [0.4, 0.5) is 0 Å². The van der Waals surface area contributed by atoms with Crippen LogP contribution >= 0.6 is 15.9 Å². The lowest BCUT2D eigenvalue weighted by molar-refractivity contribution is 0.873. The number of allylic oxidation sites excluding steroid dienone is 2. The SMILES string of the molecule is N#CCCCC=CCCBr. The van der Waals surface area contributed by atoms with E-state index >= 15 is 0 Å². The molecule has 0 rings (SSSR count). The summed E-state index contributed by atoms with van der Waals surface area (Å²) in [5, 5.41) is 9.22. The van der Waals surface area contributed by atoms with Crippen molar-refractivity contribution in [2.75, 3.05) is 5.33 Å². The number of rotatable bonds is 5. The maximum Gasteiger partial charge on any atom is 0.0621 e. The van der Waals surface area contributed by atoms with Gasteiger partial charge in [0.2, 0.25) is 0 Å². The fourth-order valence-corrected chi connectivity index (χ4v) is 0.862. The van der Waals surface area contributed by atoms with Gasteiger partial charge in [-0.1, -0.05) is 28.1 Å². The molecule has 0 heterocycles. The first-order valence-electron chi connectivity index (χ1n) is 3.49. The van der Waals surface area contributed by atoms with Gasteiger partial charge < -0.3 is 0 Å². The molecule has 56 valence electrons. The molecule has 2 heteroatoms. The van der Waals surface area contributed by atoms with E-state index in [1.807, 2.05) is 0 Å². The summed E-state index contributed by atoms with van der Waals surface area (Å²) in [4.78, 5) is 0. The Morgan fingerprint density at radius 2 is 2.00 bits per heavy atom. The second-order valence-electron chi connectivity index (χ2n) is 2.00. The summed E-state index contributed by atoms with van der Waals surface area (Å²) in [7, 11) is 0. The zero-order chi connectivity index (χ0) is 7.66. The van der Waals surface area contributed by atoms with Gasteiger partial charge in [0.15, 0.2) is 0 Å². The van der Waals surface area contributed by atoms with Gasteiger partial charge >= 0.3 is 0 Å². The van der Waals surface area contributed by atoms with Crippen molar-refractivity contribution in [3.63, 3.8) is 0 Å². The molecule has 0 atom stereocenters. The molecule has 0 spiro atoms. The molecule has 0 bridgehead atoms. The number of nitriles is 1. The lowest BCUT2D eigenvalue weighted by atomic mass is 10.2. The third-order valence-corrected chi connectivity index (χ3v) is 1.56. The van der Waals surface area contributed by atoms with Crippen LogP contribution in [0.3, 0.4) is 0 Å². The van der Waals surface area contributed by atoms with Crippen LogP contribution in [0.2, 0.25) is 0 Å². The van der Waals surface area contributed by atoms with Gasteiger partial charge in [-0.3, -0.25) is 0 Å². The number of unbranched alkanes of at least 4 members (excludes halogenated alkanes) is 2. The fourth-order valence-electron chi connectivity index (χ4n) is 0.598. The quantitative estimate of drug-likeness (QED) is 0.382. The average Bonchev–Trinajstić information content (AvgIpc) is 1.97. The molecular weight excluding hydrogens is 190 g/mol. The topological polar surface area (TPSA) is 23.8 Å². The Labute approximate surface area is 70.9 Å². The summed E-state index contributed by atoms with van der Waals surface area (Å²) in [5.41, 5.74) is 0. The van der Waals surface area contributed by atoms with Crippen molar-refractivity contribution in [2.45, 2.75) is 25.7 Å². The average molecular weight is 202 g/mol. The maximum atomic E-state index is 8.19. The molecule has 0 aliphatic rings. The van der Waals surface area contributed by atoms with E-state index in [0.29, 0.717) is 6.42 Å². The van der Waals surface area contributed by atoms with Crippen LogP contribution in [0.15, 0.2) is 12.2 Å². The van der Waals surface area contributed by atoms with Gasteiger partial charge in [0.25, 0.3) is 0 Å². The largest absolute Gasteiger partial charge is 0.198 e. The Morgan fingerprint density at radius 3 is 2.60 bits per heavy atom. The molecule has 0 aliphatic carbocycles. The van der Waals surface area contributed by atoms with Gasteiger partial charge in [-0.25, -0.2) is 0 Å². The molecule has 0 radical (unpaired) electrons. The summed E-state index contributed by atoms with van der Waals surface area (Å²) in [5.74, 6) is 0. The summed E-state index contributed by atoms with van der Waals surface area (Å²) >= 11 is 3.33. The van der Waals surface area contributed by atoms with Gasteiger partial charge in [-0.2, -0.15) is 5.26 Å². The first kappa shape index (κ1) is 9.71. The highest BCUT2D eigenvalue weighted by Crippen LogP contribution is 1.97. The smallest absolute Gasteiger partial charge is 0.0621 e. The third kappa shape index (κ3) is 7.71. The third-order valence-electron chi connectivity index (χ3n) is 1.10. The number of nitrogens with zero attached hydrogens (tertiary/aromatic N) is 1. The van der Waals surface area contributed by atoms with Crippen LogP contribution in [-0.4, -0.2) is 5.33 Å². The van der Waals surface area contributed by atoms with E-state index in [-0.39, 0.29) is 0 Å². The Balaban J connectivity index is 2.96. The molecule has 0 aliphatic heterocycles. The van der Waals surface area contributed by atoms with E-state index < -0.39 is 0 Å². The fraction of sp³-hybridized carbons (Fsp3) is 0.625. The van der Waals surface area contributed by atoms with Gasteiger partial charge in [0, 0.05) is 11.8 Å². The van der Waals surface area contributed by atoms with Crippen LogP contribution in [0, 0.1) is 11.3 Å². The van der Waals surface area contributed by atoms with Crippen molar-refractivity contribution in [3.05, 3.63) is 12.2 Å². The molecule has 0 fully saturated rings. The lowest BCUT2D eigenvalue weighted by Crippen LogP contribution is -1.70. The van der Waals surface area contributed by atoms with Gasteiger partial charge in [0.1, 0.15) is 0 Å². The molecule has 0 aromatic carbocycles. The minimum absolute atomic E-state index is 0.679. The molecule has 0 aromatic rings. The van der Waals surface area contributed by atoms with Crippen LogP contribution in [0.5, 0.6) is 0 Å². The molecule has 0 saturated carbocycles. The zero-order valence-electron chi connectivity index (χ0n) is 6.02.